The van der Waals surface area contributed by atoms with Gasteiger partial charge >= 0.3 is 0 Å². The second-order valence-corrected chi connectivity index (χ2v) is 8.62. The predicted molar refractivity (Wildman–Crippen MR) is 110 cm³/mol. The van der Waals surface area contributed by atoms with E-state index in [2.05, 4.69) is 30.4 Å². The van der Waals surface area contributed by atoms with E-state index in [4.69, 9.17) is 4.98 Å². The number of nitriles is 1. The van der Waals surface area contributed by atoms with E-state index >= 15 is 0 Å². The summed E-state index contributed by atoms with van der Waals surface area (Å²) in [4.78, 5) is 17.5. The van der Waals surface area contributed by atoms with Crippen LogP contribution in [0.4, 0.5) is 5.69 Å². The number of nitrogens with one attached hydrogen (secondary N) is 1. The van der Waals surface area contributed by atoms with Crippen LogP contribution in [0.1, 0.15) is 53.3 Å². The Kier molecular flexibility index (Phi) is 5.86. The van der Waals surface area contributed by atoms with E-state index in [1.807, 2.05) is 26.8 Å². The summed E-state index contributed by atoms with van der Waals surface area (Å²) in [5.74, 6) is -0.0709. The first-order valence-electron chi connectivity index (χ1n) is 9.37. The fourth-order valence-electron chi connectivity index (χ4n) is 3.61. The number of hydrogen-bond acceptors (Lipinski definition) is 4. The van der Waals surface area contributed by atoms with Crippen LogP contribution in [0.15, 0.2) is 23.2 Å². The third-order valence-electron chi connectivity index (χ3n) is 4.97. The molecule has 0 spiro atoms. The average molecular weight is 380 g/mol. The summed E-state index contributed by atoms with van der Waals surface area (Å²) in [5, 5.41) is 12.9. The van der Waals surface area contributed by atoms with Crippen LogP contribution in [0.25, 0.3) is 0 Å². The van der Waals surface area contributed by atoms with Crippen molar-refractivity contribution in [3.63, 3.8) is 0 Å². The molecule has 1 N–H and O–H groups in total. The van der Waals surface area contributed by atoms with E-state index in [9.17, 15) is 10.1 Å². The first kappa shape index (κ1) is 19.4. The Morgan fingerprint density at radius 3 is 2.52 bits per heavy atom. The van der Waals surface area contributed by atoms with Crippen molar-refractivity contribution in [2.24, 2.45) is 0 Å². The number of aryl methyl sites for hydroxylation is 5. The minimum Gasteiger partial charge on any atom is -0.325 e. The van der Waals surface area contributed by atoms with E-state index in [1.54, 1.807) is 0 Å². The number of benzene rings is 1. The maximum atomic E-state index is 12.8. The standard InChI is InChI=1S/C22H25N3OS/c1-13-9-14(2)20(15(3)10-13)25-21(26)16(4)27-22-18(12-23)11-17-7-5-6-8-19(17)24-22/h9-11,16H,5-8H2,1-4H3,(H,25,26). The molecule has 0 fully saturated rings. The SMILES string of the molecule is Cc1cc(C)c(NC(=O)C(C)Sc2nc3c(cc2C#N)CCCC3)c(C)c1. The van der Waals surface area contributed by atoms with Gasteiger partial charge in [0.2, 0.25) is 5.91 Å². The van der Waals surface area contributed by atoms with Crippen molar-refractivity contribution in [3.05, 3.63) is 51.7 Å². The Morgan fingerprint density at radius 2 is 1.85 bits per heavy atom. The van der Waals surface area contributed by atoms with Gasteiger partial charge in [0.05, 0.1) is 10.8 Å². The monoisotopic (exact) mass is 379 g/mol. The van der Waals surface area contributed by atoms with Crippen molar-refractivity contribution in [1.82, 2.24) is 4.98 Å². The van der Waals surface area contributed by atoms with Crippen LogP contribution in [-0.4, -0.2) is 16.1 Å². The molecule has 1 heterocycles. The Morgan fingerprint density at radius 1 is 1.19 bits per heavy atom. The molecule has 1 aromatic carbocycles. The number of nitrogens with zero attached hydrogens (tertiary/aromatic N) is 2. The van der Waals surface area contributed by atoms with Crippen LogP contribution in [-0.2, 0) is 17.6 Å². The van der Waals surface area contributed by atoms with Gasteiger partial charge in [0, 0.05) is 11.4 Å². The summed E-state index contributed by atoms with van der Waals surface area (Å²) in [6, 6.07) is 8.35. The van der Waals surface area contributed by atoms with Gasteiger partial charge in [-0.05, 0) is 76.1 Å². The van der Waals surface area contributed by atoms with Gasteiger partial charge in [-0.15, -0.1) is 0 Å². The predicted octanol–water partition coefficient (Wildman–Crippen LogP) is 4.88. The summed E-state index contributed by atoms with van der Waals surface area (Å²) in [6.45, 7) is 7.93. The lowest BCUT2D eigenvalue weighted by atomic mass is 9.95. The van der Waals surface area contributed by atoms with E-state index < -0.39 is 0 Å². The van der Waals surface area contributed by atoms with Crippen LogP contribution in [0.3, 0.4) is 0 Å². The number of hydrogen-bond donors (Lipinski definition) is 1. The number of carbonyl (C=O) groups is 1. The van der Waals surface area contributed by atoms with Crippen LogP contribution in [0.5, 0.6) is 0 Å². The molecule has 2 aromatic rings. The zero-order valence-corrected chi connectivity index (χ0v) is 17.2. The van der Waals surface area contributed by atoms with Crippen LogP contribution in [0.2, 0.25) is 0 Å². The zero-order valence-electron chi connectivity index (χ0n) is 16.3. The fraction of sp³-hybridized carbons (Fsp3) is 0.409. The fourth-order valence-corrected chi connectivity index (χ4v) is 4.50. The maximum absolute atomic E-state index is 12.8. The van der Waals surface area contributed by atoms with Crippen molar-refractivity contribution < 1.29 is 4.79 Å². The summed E-state index contributed by atoms with van der Waals surface area (Å²) in [7, 11) is 0. The van der Waals surface area contributed by atoms with E-state index in [0.717, 1.165) is 48.2 Å². The lowest BCUT2D eigenvalue weighted by molar-refractivity contribution is -0.115. The highest BCUT2D eigenvalue weighted by Gasteiger charge is 2.21. The lowest BCUT2D eigenvalue weighted by Gasteiger charge is -2.19. The summed E-state index contributed by atoms with van der Waals surface area (Å²) >= 11 is 1.36. The average Bonchev–Trinajstić information content (AvgIpc) is 2.63. The first-order chi connectivity index (χ1) is 12.9. The van der Waals surface area contributed by atoms with Crippen molar-refractivity contribution in [3.8, 4) is 6.07 Å². The molecular weight excluding hydrogens is 354 g/mol. The Hall–Kier alpha value is -2.32. The van der Waals surface area contributed by atoms with Gasteiger partial charge in [-0.2, -0.15) is 5.26 Å². The molecule has 1 unspecified atom stereocenters. The highest BCUT2D eigenvalue weighted by atomic mass is 32.2. The van der Waals surface area contributed by atoms with Gasteiger partial charge in [-0.1, -0.05) is 29.5 Å². The number of aromatic nitrogens is 1. The van der Waals surface area contributed by atoms with Gasteiger partial charge in [0.1, 0.15) is 11.1 Å². The molecule has 27 heavy (non-hydrogen) atoms. The summed E-state index contributed by atoms with van der Waals surface area (Å²) < 4.78 is 0. The Labute approximate surface area is 165 Å². The maximum Gasteiger partial charge on any atom is 0.237 e. The molecule has 0 saturated carbocycles. The van der Waals surface area contributed by atoms with Crippen molar-refractivity contribution in [2.75, 3.05) is 5.32 Å². The molecule has 1 aromatic heterocycles. The van der Waals surface area contributed by atoms with Gasteiger partial charge in [0.25, 0.3) is 0 Å². The number of pyridine rings is 1. The second kappa shape index (κ2) is 8.14. The van der Waals surface area contributed by atoms with Crippen LogP contribution < -0.4 is 5.32 Å². The van der Waals surface area contributed by atoms with Gasteiger partial charge in [0.15, 0.2) is 0 Å². The number of amides is 1. The topological polar surface area (TPSA) is 65.8 Å². The molecule has 1 amide bonds. The number of fused-ring (bicyclic) bond motifs is 1. The minimum absolute atomic E-state index is 0.0709. The molecule has 5 heteroatoms. The number of carbonyl (C=O) groups excluding carboxylic acids is 1. The molecule has 140 valence electrons. The largest absolute Gasteiger partial charge is 0.325 e. The molecule has 1 aliphatic rings. The second-order valence-electron chi connectivity index (χ2n) is 7.29. The van der Waals surface area contributed by atoms with E-state index in [1.165, 1.54) is 22.9 Å². The van der Waals surface area contributed by atoms with Crippen molar-refractivity contribution in [1.29, 1.82) is 5.26 Å². The first-order valence-corrected chi connectivity index (χ1v) is 10.2. The molecule has 4 nitrogen and oxygen atoms in total. The molecule has 0 aliphatic heterocycles. The van der Waals surface area contributed by atoms with Gasteiger partial charge in [-0.25, -0.2) is 4.98 Å². The number of thioether (sulfide) groups is 1. The Bertz CT molecular complexity index is 907. The highest BCUT2D eigenvalue weighted by Crippen LogP contribution is 2.31. The quantitative estimate of drug-likeness (QED) is 0.769. The third kappa shape index (κ3) is 4.33. The minimum atomic E-state index is -0.341. The molecular formula is C22H25N3OS. The molecule has 0 saturated heterocycles. The highest BCUT2D eigenvalue weighted by molar-refractivity contribution is 8.00. The third-order valence-corrected chi connectivity index (χ3v) is 6.07. The van der Waals surface area contributed by atoms with Crippen LogP contribution in [0, 0.1) is 32.1 Å². The van der Waals surface area contributed by atoms with Crippen molar-refractivity contribution in [2.45, 2.75) is 63.7 Å². The molecule has 1 atom stereocenters. The lowest BCUT2D eigenvalue weighted by Crippen LogP contribution is -2.24. The molecule has 0 radical (unpaired) electrons. The Balaban J connectivity index is 1.78. The molecule has 1 aliphatic carbocycles. The smallest absolute Gasteiger partial charge is 0.237 e. The number of anilines is 1. The van der Waals surface area contributed by atoms with Crippen LogP contribution >= 0.6 is 11.8 Å². The number of rotatable bonds is 4. The van der Waals surface area contributed by atoms with E-state index in [-0.39, 0.29) is 11.2 Å². The zero-order chi connectivity index (χ0) is 19.6. The summed E-state index contributed by atoms with van der Waals surface area (Å²) in [5.41, 5.74) is 7.01. The molecule has 0 bridgehead atoms. The normalized spacial score (nSPS) is 14.2. The van der Waals surface area contributed by atoms with Gasteiger partial charge in [-0.3, -0.25) is 4.79 Å². The van der Waals surface area contributed by atoms with Gasteiger partial charge < -0.3 is 5.32 Å². The van der Waals surface area contributed by atoms with Crippen molar-refractivity contribution >= 4 is 23.4 Å². The summed E-state index contributed by atoms with van der Waals surface area (Å²) in [6.07, 6.45) is 4.24. The molecule has 3 rings (SSSR count). The van der Waals surface area contributed by atoms with E-state index in [0.29, 0.717) is 10.6 Å².